The molecular weight excluding hydrogens is 152 g/mol. The van der Waals surface area contributed by atoms with Gasteiger partial charge in [-0.1, -0.05) is 0 Å². The first-order valence-corrected chi connectivity index (χ1v) is 3.44. The van der Waals surface area contributed by atoms with Crippen LogP contribution in [0.1, 0.15) is 0 Å². The molecule has 4 N–H and O–H groups in total. The first-order chi connectivity index (χ1) is 5.20. The van der Waals surface area contributed by atoms with E-state index in [-0.39, 0.29) is 13.2 Å². The fourth-order valence-corrected chi connectivity index (χ4v) is 1.13. The lowest BCUT2D eigenvalue weighted by atomic mass is 10.1. The highest BCUT2D eigenvalue weighted by atomic mass is 16.6. The van der Waals surface area contributed by atoms with Gasteiger partial charge in [0.15, 0.2) is 0 Å². The molecule has 3 unspecified atom stereocenters. The third kappa shape index (κ3) is 1.52. The maximum Gasteiger partial charge on any atom is 0.111 e. The normalized spacial score (nSPS) is 44.7. The van der Waals surface area contributed by atoms with Crippen molar-refractivity contribution >= 4 is 0 Å². The summed E-state index contributed by atoms with van der Waals surface area (Å²) in [5.41, 5.74) is 0. The van der Waals surface area contributed by atoms with Gasteiger partial charge in [0.2, 0.25) is 0 Å². The quantitative estimate of drug-likeness (QED) is 0.361. The summed E-state index contributed by atoms with van der Waals surface area (Å²) >= 11 is 0. The molecule has 0 saturated carbocycles. The Morgan fingerprint density at radius 3 is 1.45 bits per heavy atom. The van der Waals surface area contributed by atoms with Gasteiger partial charge in [-0.25, -0.2) is 0 Å². The SMILES string of the molecule is OCC1O[C@H](CO)C(O)C1O. The summed E-state index contributed by atoms with van der Waals surface area (Å²) in [6.07, 6.45) is -3.75. The summed E-state index contributed by atoms with van der Waals surface area (Å²) in [7, 11) is 0. The molecule has 0 radical (unpaired) electrons. The van der Waals surface area contributed by atoms with Crippen LogP contribution in [0.25, 0.3) is 0 Å². The van der Waals surface area contributed by atoms with Gasteiger partial charge >= 0.3 is 0 Å². The Morgan fingerprint density at radius 1 is 0.909 bits per heavy atom. The summed E-state index contributed by atoms with van der Waals surface area (Å²) in [5, 5.41) is 35.4. The third-order valence-corrected chi connectivity index (χ3v) is 1.82. The Morgan fingerprint density at radius 2 is 1.27 bits per heavy atom. The molecule has 0 amide bonds. The average Bonchev–Trinajstić information content (AvgIpc) is 2.30. The first kappa shape index (κ1) is 8.89. The number of hydrogen-bond donors (Lipinski definition) is 4. The van der Waals surface area contributed by atoms with Crippen molar-refractivity contribution in [2.24, 2.45) is 0 Å². The van der Waals surface area contributed by atoms with E-state index in [1.165, 1.54) is 0 Å². The fourth-order valence-electron chi connectivity index (χ4n) is 1.13. The highest BCUT2D eigenvalue weighted by Crippen LogP contribution is 2.20. The lowest BCUT2D eigenvalue weighted by Crippen LogP contribution is -2.34. The molecule has 1 saturated heterocycles. The second kappa shape index (κ2) is 3.46. The molecule has 0 spiro atoms. The molecule has 1 aliphatic rings. The Bertz CT molecular complexity index is 110. The van der Waals surface area contributed by atoms with Gasteiger partial charge in [-0.3, -0.25) is 0 Å². The van der Waals surface area contributed by atoms with Crippen LogP contribution in [0.15, 0.2) is 0 Å². The van der Waals surface area contributed by atoms with E-state index in [1.807, 2.05) is 0 Å². The van der Waals surface area contributed by atoms with Crippen molar-refractivity contribution in [2.75, 3.05) is 13.2 Å². The zero-order chi connectivity index (χ0) is 8.43. The van der Waals surface area contributed by atoms with Crippen LogP contribution < -0.4 is 0 Å². The molecule has 0 aromatic rings. The van der Waals surface area contributed by atoms with Gasteiger partial charge in [0.1, 0.15) is 24.4 Å². The summed E-state index contributed by atoms with van der Waals surface area (Å²) in [6.45, 7) is -0.705. The van der Waals surface area contributed by atoms with Crippen LogP contribution in [0.2, 0.25) is 0 Å². The van der Waals surface area contributed by atoms with E-state index in [4.69, 9.17) is 25.2 Å². The van der Waals surface area contributed by atoms with Crippen molar-refractivity contribution in [1.29, 1.82) is 0 Å². The lowest BCUT2D eigenvalue weighted by molar-refractivity contribution is -0.0395. The van der Waals surface area contributed by atoms with Gasteiger partial charge in [-0.2, -0.15) is 0 Å². The predicted molar refractivity (Wildman–Crippen MR) is 34.8 cm³/mol. The molecule has 1 aliphatic heterocycles. The zero-order valence-corrected chi connectivity index (χ0v) is 5.92. The molecule has 0 bridgehead atoms. The van der Waals surface area contributed by atoms with Gasteiger partial charge in [-0.05, 0) is 0 Å². The van der Waals surface area contributed by atoms with Crippen molar-refractivity contribution in [3.8, 4) is 0 Å². The van der Waals surface area contributed by atoms with E-state index in [0.717, 1.165) is 0 Å². The molecule has 0 aromatic carbocycles. The molecule has 0 aliphatic carbocycles. The minimum absolute atomic E-state index is 0.352. The molecule has 1 rings (SSSR count). The summed E-state index contributed by atoms with van der Waals surface area (Å²) in [6, 6.07) is 0. The van der Waals surface area contributed by atoms with E-state index < -0.39 is 24.4 Å². The van der Waals surface area contributed by atoms with Gasteiger partial charge in [0.25, 0.3) is 0 Å². The smallest absolute Gasteiger partial charge is 0.111 e. The van der Waals surface area contributed by atoms with E-state index in [9.17, 15) is 0 Å². The molecule has 0 aromatic heterocycles. The number of rotatable bonds is 2. The van der Waals surface area contributed by atoms with Crippen LogP contribution in [0.4, 0.5) is 0 Å². The van der Waals surface area contributed by atoms with Gasteiger partial charge in [-0.15, -0.1) is 0 Å². The van der Waals surface area contributed by atoms with Crippen LogP contribution in [-0.2, 0) is 4.74 Å². The second-order valence-corrected chi connectivity index (χ2v) is 2.56. The van der Waals surface area contributed by atoms with Crippen LogP contribution in [0.5, 0.6) is 0 Å². The Balaban J connectivity index is 2.53. The summed E-state index contributed by atoms with van der Waals surface area (Å²) in [5.74, 6) is 0. The summed E-state index contributed by atoms with van der Waals surface area (Å²) < 4.78 is 4.88. The molecular formula is C6H12O5. The number of ether oxygens (including phenoxy) is 1. The molecule has 5 heteroatoms. The molecule has 1 fully saturated rings. The topological polar surface area (TPSA) is 90.2 Å². The van der Waals surface area contributed by atoms with Crippen molar-refractivity contribution in [2.45, 2.75) is 24.4 Å². The molecule has 4 atom stereocenters. The average molecular weight is 164 g/mol. The number of aliphatic hydroxyl groups excluding tert-OH is 4. The standard InChI is InChI=1S/C6H12O5/c7-1-3-5(9)6(10)4(2-8)11-3/h3-10H,1-2H2/t3-,4?,5?,6?/m1/s1. The second-order valence-electron chi connectivity index (χ2n) is 2.56. The Hall–Kier alpha value is -0.200. The minimum atomic E-state index is -1.10. The largest absolute Gasteiger partial charge is 0.394 e. The highest BCUT2D eigenvalue weighted by Gasteiger charge is 2.41. The van der Waals surface area contributed by atoms with Crippen molar-refractivity contribution < 1.29 is 25.2 Å². The van der Waals surface area contributed by atoms with E-state index in [0.29, 0.717) is 0 Å². The minimum Gasteiger partial charge on any atom is -0.394 e. The van der Waals surface area contributed by atoms with Gasteiger partial charge < -0.3 is 25.2 Å². The van der Waals surface area contributed by atoms with Crippen molar-refractivity contribution in [1.82, 2.24) is 0 Å². The molecule has 1 heterocycles. The fraction of sp³-hybridized carbons (Fsp3) is 1.00. The number of aliphatic hydroxyl groups is 4. The molecule has 66 valence electrons. The predicted octanol–water partition coefficient (Wildman–Crippen LogP) is -2.54. The van der Waals surface area contributed by atoms with Crippen molar-refractivity contribution in [3.05, 3.63) is 0 Å². The lowest BCUT2D eigenvalue weighted by Gasteiger charge is -2.10. The van der Waals surface area contributed by atoms with Crippen LogP contribution in [0, 0.1) is 0 Å². The van der Waals surface area contributed by atoms with Gasteiger partial charge in [0.05, 0.1) is 13.2 Å². The third-order valence-electron chi connectivity index (χ3n) is 1.82. The zero-order valence-electron chi connectivity index (χ0n) is 5.92. The van der Waals surface area contributed by atoms with Crippen molar-refractivity contribution in [3.63, 3.8) is 0 Å². The summed E-state index contributed by atoms with van der Waals surface area (Å²) in [4.78, 5) is 0. The Kier molecular flexibility index (Phi) is 2.80. The van der Waals surface area contributed by atoms with E-state index in [2.05, 4.69) is 0 Å². The maximum absolute atomic E-state index is 9.11. The van der Waals surface area contributed by atoms with E-state index in [1.54, 1.807) is 0 Å². The van der Waals surface area contributed by atoms with Crippen LogP contribution in [-0.4, -0.2) is 58.1 Å². The number of hydrogen-bond acceptors (Lipinski definition) is 5. The molecule has 5 nitrogen and oxygen atoms in total. The highest BCUT2D eigenvalue weighted by molar-refractivity contribution is 4.89. The first-order valence-electron chi connectivity index (χ1n) is 3.44. The maximum atomic E-state index is 9.11. The Labute approximate surface area is 63.8 Å². The van der Waals surface area contributed by atoms with E-state index >= 15 is 0 Å². The van der Waals surface area contributed by atoms with Crippen LogP contribution in [0.3, 0.4) is 0 Å². The van der Waals surface area contributed by atoms with Crippen LogP contribution >= 0.6 is 0 Å². The van der Waals surface area contributed by atoms with Gasteiger partial charge in [0, 0.05) is 0 Å². The monoisotopic (exact) mass is 164 g/mol. The molecule has 11 heavy (non-hydrogen) atoms.